The van der Waals surface area contributed by atoms with Crippen LogP contribution in [0.1, 0.15) is 5.56 Å². The summed E-state index contributed by atoms with van der Waals surface area (Å²) in [5.74, 6) is 0.312. The van der Waals surface area contributed by atoms with E-state index < -0.39 is 16.7 Å². The molecule has 5 aromatic rings. The third kappa shape index (κ3) is 6.96. The van der Waals surface area contributed by atoms with Gasteiger partial charge in [-0.3, -0.25) is 15.4 Å². The van der Waals surface area contributed by atoms with Crippen molar-refractivity contribution in [1.29, 1.82) is 0 Å². The normalized spacial score (nSPS) is 11.2. The molecule has 18 heteroatoms. The Bertz CT molecular complexity index is 1860. The first-order valence-electron chi connectivity index (χ1n) is 11.9. The number of nitro benzene ring substituents is 1. The molecule has 2 heterocycles. The summed E-state index contributed by atoms with van der Waals surface area (Å²) in [5, 5.41) is 22.7. The number of benzene rings is 3. The second kappa shape index (κ2) is 12.2. The van der Waals surface area contributed by atoms with E-state index >= 15 is 0 Å². The SMILES string of the molecule is COc1cccc2sc(Nc3nc(NC(=S)Nc4ccccc4[N+](=O)[O-])nc(Nc4ccc(C(F)(F)F)cc4Cl)n3)nc12. The van der Waals surface area contributed by atoms with Crippen LogP contribution < -0.4 is 26.0 Å². The summed E-state index contributed by atoms with van der Waals surface area (Å²) in [6, 6.07) is 14.1. The molecule has 0 saturated carbocycles. The van der Waals surface area contributed by atoms with E-state index in [2.05, 4.69) is 41.2 Å². The van der Waals surface area contributed by atoms with Gasteiger partial charge < -0.3 is 20.7 Å². The van der Waals surface area contributed by atoms with Gasteiger partial charge in [0.05, 0.1) is 33.0 Å². The summed E-state index contributed by atoms with van der Waals surface area (Å²) < 4.78 is 45.5. The van der Waals surface area contributed by atoms with Gasteiger partial charge in [0, 0.05) is 6.07 Å². The van der Waals surface area contributed by atoms with Crippen LogP contribution in [0.5, 0.6) is 5.75 Å². The van der Waals surface area contributed by atoms with Crippen LogP contribution in [-0.4, -0.2) is 37.1 Å². The molecule has 4 N–H and O–H groups in total. The van der Waals surface area contributed by atoms with Gasteiger partial charge in [0.15, 0.2) is 10.2 Å². The first-order valence-corrected chi connectivity index (χ1v) is 13.5. The number of aromatic nitrogens is 4. The molecule has 12 nitrogen and oxygen atoms in total. The molecule has 0 saturated heterocycles. The van der Waals surface area contributed by atoms with E-state index in [1.807, 2.05) is 12.1 Å². The summed E-state index contributed by atoms with van der Waals surface area (Å²) in [6.45, 7) is 0. The number of fused-ring (bicyclic) bond motifs is 1. The Morgan fingerprint density at radius 3 is 2.37 bits per heavy atom. The van der Waals surface area contributed by atoms with Crippen molar-refractivity contribution in [2.24, 2.45) is 0 Å². The number of nitrogens with one attached hydrogen (secondary N) is 4. The lowest BCUT2D eigenvalue weighted by Gasteiger charge is -2.13. The van der Waals surface area contributed by atoms with E-state index in [1.54, 1.807) is 12.1 Å². The van der Waals surface area contributed by atoms with Crippen molar-refractivity contribution in [3.05, 3.63) is 81.4 Å². The standard InChI is InChI=1S/C25H17ClF3N9O3S2/c1-41-17-7-4-8-18-19(17)32-24(43-18)37-22-34-20(30-14-10-9-12(11-13(14)26)25(27,28)29)33-21(35-22)36-23(42)31-15-5-2-3-6-16(15)38(39)40/h2-11H,1H3,(H4,30,31,32,33,34,35,36,37,42). The average Bonchev–Trinajstić information content (AvgIpc) is 3.36. The topological polar surface area (TPSA) is 152 Å². The molecule has 220 valence electrons. The monoisotopic (exact) mass is 647 g/mol. The summed E-state index contributed by atoms with van der Waals surface area (Å²) >= 11 is 12.7. The zero-order valence-electron chi connectivity index (χ0n) is 21.6. The minimum absolute atomic E-state index is 0.0189. The lowest BCUT2D eigenvalue weighted by atomic mass is 10.2. The molecule has 0 aliphatic rings. The van der Waals surface area contributed by atoms with Crippen LogP contribution in [0.3, 0.4) is 0 Å². The number of hydrogen-bond donors (Lipinski definition) is 4. The minimum atomic E-state index is -4.58. The summed E-state index contributed by atoms with van der Waals surface area (Å²) in [5.41, 5.74) is -0.329. The number of nitro groups is 1. The number of halogens is 4. The van der Waals surface area contributed by atoms with Gasteiger partial charge in [-0.15, -0.1) is 0 Å². The smallest absolute Gasteiger partial charge is 0.416 e. The van der Waals surface area contributed by atoms with Gasteiger partial charge in [-0.2, -0.15) is 28.1 Å². The summed E-state index contributed by atoms with van der Waals surface area (Å²) in [6.07, 6.45) is -4.58. The molecule has 0 radical (unpaired) electrons. The molecular weight excluding hydrogens is 631 g/mol. The Labute approximate surface area is 254 Å². The van der Waals surface area contributed by atoms with E-state index in [9.17, 15) is 23.3 Å². The molecule has 43 heavy (non-hydrogen) atoms. The Hall–Kier alpha value is -4.87. The second-order valence-corrected chi connectivity index (χ2v) is 10.3. The highest BCUT2D eigenvalue weighted by atomic mass is 35.5. The third-order valence-corrected chi connectivity index (χ3v) is 7.03. The van der Waals surface area contributed by atoms with Crippen molar-refractivity contribution in [3.63, 3.8) is 0 Å². The number of alkyl halides is 3. The Kier molecular flexibility index (Phi) is 8.38. The van der Waals surface area contributed by atoms with Crippen LogP contribution in [-0.2, 0) is 6.18 Å². The highest BCUT2D eigenvalue weighted by Crippen LogP contribution is 2.36. The maximum Gasteiger partial charge on any atom is 0.416 e. The highest BCUT2D eigenvalue weighted by Gasteiger charge is 2.31. The Balaban J connectivity index is 1.46. The number of nitrogens with zero attached hydrogens (tertiary/aromatic N) is 5. The molecule has 2 aromatic heterocycles. The van der Waals surface area contributed by atoms with Crippen LogP contribution in [0.25, 0.3) is 10.2 Å². The van der Waals surface area contributed by atoms with Crippen LogP contribution in [0.4, 0.5) is 53.2 Å². The largest absolute Gasteiger partial charge is 0.494 e. The maximum atomic E-state index is 13.1. The fourth-order valence-electron chi connectivity index (χ4n) is 3.69. The van der Waals surface area contributed by atoms with Crippen LogP contribution >= 0.6 is 35.2 Å². The maximum absolute atomic E-state index is 13.1. The molecule has 3 aromatic carbocycles. The number of thiazole rings is 1. The second-order valence-electron chi connectivity index (χ2n) is 8.43. The van der Waals surface area contributed by atoms with Crippen LogP contribution in [0.15, 0.2) is 60.7 Å². The van der Waals surface area contributed by atoms with Crippen molar-refractivity contribution in [1.82, 2.24) is 19.9 Å². The zero-order chi connectivity index (χ0) is 30.7. The van der Waals surface area contributed by atoms with Gasteiger partial charge in [0.1, 0.15) is 17.0 Å². The predicted molar refractivity (Wildman–Crippen MR) is 162 cm³/mol. The summed E-state index contributed by atoms with van der Waals surface area (Å²) in [7, 11) is 1.52. The van der Waals surface area contributed by atoms with Gasteiger partial charge in [-0.1, -0.05) is 41.1 Å². The van der Waals surface area contributed by atoms with E-state index in [0.29, 0.717) is 16.4 Å². The molecule has 0 bridgehead atoms. The van der Waals surface area contributed by atoms with Gasteiger partial charge in [0.25, 0.3) is 5.69 Å². The van der Waals surface area contributed by atoms with Gasteiger partial charge >= 0.3 is 6.18 Å². The molecular formula is C25H17ClF3N9O3S2. The van der Waals surface area contributed by atoms with Crippen LogP contribution in [0, 0.1) is 10.1 Å². The number of hydrogen-bond acceptors (Lipinski definition) is 11. The van der Waals surface area contributed by atoms with Crippen molar-refractivity contribution < 1.29 is 22.8 Å². The van der Waals surface area contributed by atoms with Crippen molar-refractivity contribution >= 4 is 90.5 Å². The minimum Gasteiger partial charge on any atom is -0.494 e. The fourth-order valence-corrected chi connectivity index (χ4v) is 4.99. The third-order valence-electron chi connectivity index (χ3n) is 5.57. The Morgan fingerprint density at radius 2 is 1.67 bits per heavy atom. The number of ether oxygens (including phenoxy) is 1. The molecule has 0 aliphatic carbocycles. The van der Waals surface area contributed by atoms with E-state index in [-0.39, 0.29) is 45.0 Å². The van der Waals surface area contributed by atoms with Crippen molar-refractivity contribution in [2.75, 3.05) is 28.4 Å². The van der Waals surface area contributed by atoms with Crippen molar-refractivity contribution in [2.45, 2.75) is 6.18 Å². The molecule has 0 unspecified atom stereocenters. The lowest BCUT2D eigenvalue weighted by Crippen LogP contribution is -2.22. The fraction of sp³-hybridized carbons (Fsp3) is 0.0800. The number of rotatable bonds is 8. The van der Waals surface area contributed by atoms with Crippen LogP contribution in [0.2, 0.25) is 5.02 Å². The first kappa shape index (κ1) is 29.6. The number of methoxy groups -OCH3 is 1. The molecule has 0 spiro atoms. The number of anilines is 6. The zero-order valence-corrected chi connectivity index (χ0v) is 24.0. The number of para-hydroxylation sites is 3. The van der Waals surface area contributed by atoms with E-state index in [4.69, 9.17) is 28.6 Å². The van der Waals surface area contributed by atoms with Gasteiger partial charge in [0.2, 0.25) is 17.8 Å². The van der Waals surface area contributed by atoms with E-state index in [1.165, 1.54) is 36.6 Å². The van der Waals surface area contributed by atoms with Crippen molar-refractivity contribution in [3.8, 4) is 5.75 Å². The average molecular weight is 648 g/mol. The quantitative estimate of drug-likeness (QED) is 0.0756. The predicted octanol–water partition coefficient (Wildman–Crippen LogP) is 7.37. The summed E-state index contributed by atoms with van der Waals surface area (Å²) in [4.78, 5) is 28.1. The molecule has 0 atom stereocenters. The molecule has 0 amide bonds. The highest BCUT2D eigenvalue weighted by molar-refractivity contribution is 7.80. The van der Waals surface area contributed by atoms with Gasteiger partial charge in [-0.05, 0) is 48.6 Å². The Morgan fingerprint density at radius 1 is 0.953 bits per heavy atom. The molecule has 0 fully saturated rings. The number of thiocarbonyl (C=S) groups is 1. The van der Waals surface area contributed by atoms with Gasteiger partial charge in [-0.25, -0.2) is 4.98 Å². The van der Waals surface area contributed by atoms with E-state index in [0.717, 1.165) is 22.9 Å². The molecule has 0 aliphatic heterocycles. The lowest BCUT2D eigenvalue weighted by molar-refractivity contribution is -0.383. The first-order chi connectivity index (χ1) is 20.5. The molecule has 5 rings (SSSR count).